The lowest BCUT2D eigenvalue weighted by atomic mass is 9.93. The molecule has 1 aliphatic heterocycles. The molecule has 1 heterocycles. The topological polar surface area (TPSA) is 40.5 Å². The fraction of sp³-hybridized carbons (Fsp3) is 0.562. The molecule has 0 spiro atoms. The highest BCUT2D eigenvalue weighted by Gasteiger charge is 2.25. The number of hydrogen-bond donors (Lipinski definition) is 1. The maximum absolute atomic E-state index is 11.3. The van der Waals surface area contributed by atoms with E-state index in [1.807, 2.05) is 6.07 Å². The second-order valence-electron chi connectivity index (χ2n) is 5.26. The van der Waals surface area contributed by atoms with E-state index in [0.717, 1.165) is 37.1 Å². The Morgan fingerprint density at radius 1 is 1.42 bits per heavy atom. The number of carboxylic acids is 1. The van der Waals surface area contributed by atoms with Crippen LogP contribution in [0.2, 0.25) is 0 Å². The summed E-state index contributed by atoms with van der Waals surface area (Å²) in [6.45, 7) is 5.48. The normalized spacial score (nSPS) is 16.0. The summed E-state index contributed by atoms with van der Waals surface area (Å²) in [7, 11) is 0. The second-order valence-corrected chi connectivity index (χ2v) is 5.26. The molecule has 3 nitrogen and oxygen atoms in total. The van der Waals surface area contributed by atoms with Gasteiger partial charge in [0.2, 0.25) is 0 Å². The lowest BCUT2D eigenvalue weighted by Gasteiger charge is -2.38. The first-order valence-corrected chi connectivity index (χ1v) is 7.30. The summed E-state index contributed by atoms with van der Waals surface area (Å²) in [5, 5.41) is 9.31. The van der Waals surface area contributed by atoms with Crippen molar-refractivity contribution in [3.05, 3.63) is 29.3 Å². The van der Waals surface area contributed by atoms with E-state index in [-0.39, 0.29) is 0 Å². The molecule has 104 valence electrons. The van der Waals surface area contributed by atoms with Crippen molar-refractivity contribution < 1.29 is 9.90 Å². The van der Waals surface area contributed by atoms with Crippen LogP contribution in [0.15, 0.2) is 18.2 Å². The summed E-state index contributed by atoms with van der Waals surface area (Å²) in [5.41, 5.74) is 2.65. The van der Waals surface area contributed by atoms with E-state index in [9.17, 15) is 9.90 Å². The summed E-state index contributed by atoms with van der Waals surface area (Å²) < 4.78 is 0. The number of carboxylic acid groups (broad SMARTS) is 1. The SMILES string of the molecule is CCCC(CC)N1CCCc2c(C(=O)O)cccc21. The van der Waals surface area contributed by atoms with Crippen molar-refractivity contribution in [2.45, 2.75) is 52.0 Å². The van der Waals surface area contributed by atoms with Gasteiger partial charge in [-0.3, -0.25) is 0 Å². The third kappa shape index (κ3) is 2.75. The Bertz CT molecular complexity index is 456. The zero-order valence-corrected chi connectivity index (χ0v) is 11.9. The zero-order chi connectivity index (χ0) is 13.8. The first kappa shape index (κ1) is 13.9. The van der Waals surface area contributed by atoms with E-state index < -0.39 is 5.97 Å². The van der Waals surface area contributed by atoms with Crippen molar-refractivity contribution >= 4 is 11.7 Å². The van der Waals surface area contributed by atoms with Crippen LogP contribution < -0.4 is 4.90 Å². The van der Waals surface area contributed by atoms with Crippen LogP contribution in [0.5, 0.6) is 0 Å². The number of benzene rings is 1. The molecule has 1 aromatic rings. The summed E-state index contributed by atoms with van der Waals surface area (Å²) >= 11 is 0. The molecule has 0 aromatic heterocycles. The molecule has 3 heteroatoms. The Morgan fingerprint density at radius 2 is 2.21 bits per heavy atom. The molecule has 1 unspecified atom stereocenters. The van der Waals surface area contributed by atoms with Crippen LogP contribution in [0.4, 0.5) is 5.69 Å². The van der Waals surface area contributed by atoms with Crippen molar-refractivity contribution in [3.63, 3.8) is 0 Å². The summed E-state index contributed by atoms with van der Waals surface area (Å²) in [6, 6.07) is 6.22. The van der Waals surface area contributed by atoms with E-state index in [1.165, 1.54) is 12.8 Å². The Morgan fingerprint density at radius 3 is 2.84 bits per heavy atom. The minimum atomic E-state index is -0.803. The van der Waals surface area contributed by atoms with Crippen LogP contribution in [-0.2, 0) is 6.42 Å². The average Bonchev–Trinajstić information content (AvgIpc) is 2.43. The van der Waals surface area contributed by atoms with Gasteiger partial charge in [0, 0.05) is 18.3 Å². The van der Waals surface area contributed by atoms with Crippen molar-refractivity contribution in [1.29, 1.82) is 0 Å². The molecule has 1 N–H and O–H groups in total. The summed E-state index contributed by atoms with van der Waals surface area (Å²) in [6.07, 6.45) is 5.40. The average molecular weight is 261 g/mol. The van der Waals surface area contributed by atoms with Crippen molar-refractivity contribution in [3.8, 4) is 0 Å². The van der Waals surface area contributed by atoms with Gasteiger partial charge in [-0.25, -0.2) is 4.79 Å². The molecule has 0 radical (unpaired) electrons. The lowest BCUT2D eigenvalue weighted by Crippen LogP contribution is -2.39. The molecule has 0 saturated carbocycles. The van der Waals surface area contributed by atoms with E-state index in [1.54, 1.807) is 6.07 Å². The number of nitrogens with zero attached hydrogens (tertiary/aromatic N) is 1. The summed E-state index contributed by atoms with van der Waals surface area (Å²) in [4.78, 5) is 13.8. The third-order valence-electron chi connectivity index (χ3n) is 4.05. The summed E-state index contributed by atoms with van der Waals surface area (Å²) in [5.74, 6) is -0.803. The van der Waals surface area contributed by atoms with E-state index >= 15 is 0 Å². The van der Waals surface area contributed by atoms with Crippen molar-refractivity contribution in [1.82, 2.24) is 0 Å². The number of fused-ring (bicyclic) bond motifs is 1. The predicted octanol–water partition coefficient (Wildman–Crippen LogP) is 3.72. The molecule has 1 atom stereocenters. The van der Waals surface area contributed by atoms with Crippen molar-refractivity contribution in [2.75, 3.05) is 11.4 Å². The van der Waals surface area contributed by atoms with E-state index in [4.69, 9.17) is 0 Å². The molecule has 1 aliphatic rings. The van der Waals surface area contributed by atoms with Gasteiger partial charge in [-0.2, -0.15) is 0 Å². The van der Waals surface area contributed by atoms with Gasteiger partial charge in [-0.05, 0) is 43.4 Å². The monoisotopic (exact) mass is 261 g/mol. The molecule has 0 fully saturated rings. The number of rotatable bonds is 5. The first-order chi connectivity index (χ1) is 9.19. The fourth-order valence-electron chi connectivity index (χ4n) is 3.15. The maximum atomic E-state index is 11.3. The molecule has 19 heavy (non-hydrogen) atoms. The van der Waals surface area contributed by atoms with Gasteiger partial charge in [0.05, 0.1) is 5.56 Å². The van der Waals surface area contributed by atoms with Gasteiger partial charge in [0.15, 0.2) is 0 Å². The van der Waals surface area contributed by atoms with Gasteiger partial charge < -0.3 is 10.0 Å². The lowest BCUT2D eigenvalue weighted by molar-refractivity contribution is 0.0695. The minimum Gasteiger partial charge on any atom is -0.478 e. The molecule has 2 rings (SSSR count). The van der Waals surface area contributed by atoms with Crippen LogP contribution in [0.25, 0.3) is 0 Å². The van der Waals surface area contributed by atoms with Gasteiger partial charge in [0.25, 0.3) is 0 Å². The molecule has 0 aliphatic carbocycles. The molecule has 0 saturated heterocycles. The number of aromatic carboxylic acids is 1. The number of carbonyl (C=O) groups is 1. The zero-order valence-electron chi connectivity index (χ0n) is 11.9. The van der Waals surface area contributed by atoms with Crippen molar-refractivity contribution in [2.24, 2.45) is 0 Å². The van der Waals surface area contributed by atoms with Gasteiger partial charge in [-0.15, -0.1) is 0 Å². The van der Waals surface area contributed by atoms with Crippen LogP contribution in [0.3, 0.4) is 0 Å². The molecule has 0 amide bonds. The Hall–Kier alpha value is -1.51. The molecule has 0 bridgehead atoms. The van der Waals surface area contributed by atoms with Crippen LogP contribution in [0, 0.1) is 0 Å². The van der Waals surface area contributed by atoms with E-state index in [2.05, 4.69) is 24.8 Å². The molecular weight excluding hydrogens is 238 g/mol. The highest BCUT2D eigenvalue weighted by atomic mass is 16.4. The molecular formula is C16H23NO2. The smallest absolute Gasteiger partial charge is 0.336 e. The standard InChI is InChI=1S/C16H23NO2/c1-3-7-12(4-2)17-11-6-9-13-14(16(18)19)8-5-10-15(13)17/h5,8,10,12H,3-4,6-7,9,11H2,1-2H3,(H,18,19). The highest BCUT2D eigenvalue weighted by Crippen LogP contribution is 2.33. The van der Waals surface area contributed by atoms with Crippen LogP contribution >= 0.6 is 0 Å². The van der Waals surface area contributed by atoms with Gasteiger partial charge in [0.1, 0.15) is 0 Å². The second kappa shape index (κ2) is 6.09. The largest absolute Gasteiger partial charge is 0.478 e. The number of anilines is 1. The van der Waals surface area contributed by atoms with Gasteiger partial charge in [-0.1, -0.05) is 26.3 Å². The third-order valence-corrected chi connectivity index (χ3v) is 4.05. The predicted molar refractivity (Wildman–Crippen MR) is 78.1 cm³/mol. The minimum absolute atomic E-state index is 0.480. The number of hydrogen-bond acceptors (Lipinski definition) is 2. The Kier molecular flexibility index (Phi) is 4.46. The van der Waals surface area contributed by atoms with Crippen LogP contribution in [-0.4, -0.2) is 23.7 Å². The quantitative estimate of drug-likeness (QED) is 0.878. The highest BCUT2D eigenvalue weighted by molar-refractivity contribution is 5.91. The Balaban J connectivity index is 2.39. The van der Waals surface area contributed by atoms with E-state index in [0.29, 0.717) is 11.6 Å². The fourth-order valence-corrected chi connectivity index (χ4v) is 3.15. The molecule has 1 aromatic carbocycles. The Labute approximate surface area is 115 Å². The van der Waals surface area contributed by atoms with Gasteiger partial charge >= 0.3 is 5.97 Å². The first-order valence-electron chi connectivity index (χ1n) is 7.30. The maximum Gasteiger partial charge on any atom is 0.336 e. The van der Waals surface area contributed by atoms with Crippen LogP contribution in [0.1, 0.15) is 55.5 Å².